The van der Waals surface area contributed by atoms with Crippen LogP contribution in [0.2, 0.25) is 0 Å². The Morgan fingerprint density at radius 1 is 1.35 bits per heavy atom. The number of ether oxygens (including phenoxy) is 1. The Kier molecular flexibility index (Phi) is 6.63. The number of nitrogens with zero attached hydrogens (tertiary/aromatic N) is 1. The van der Waals surface area contributed by atoms with Crippen molar-refractivity contribution in [3.63, 3.8) is 0 Å². The summed E-state index contributed by atoms with van der Waals surface area (Å²) in [6.45, 7) is 5.06. The topological polar surface area (TPSA) is 92.8 Å². The predicted molar refractivity (Wildman–Crippen MR) is 99.9 cm³/mol. The van der Waals surface area contributed by atoms with Gasteiger partial charge in [-0.1, -0.05) is 19.1 Å². The van der Waals surface area contributed by atoms with Crippen molar-refractivity contribution >= 4 is 27.3 Å². The van der Waals surface area contributed by atoms with E-state index in [-0.39, 0.29) is 42.0 Å². The lowest BCUT2D eigenvalue weighted by Gasteiger charge is -2.33. The van der Waals surface area contributed by atoms with Gasteiger partial charge >= 0.3 is 0 Å². The third-order valence-corrected chi connectivity index (χ3v) is 6.25. The molecule has 0 unspecified atom stereocenters. The summed E-state index contributed by atoms with van der Waals surface area (Å²) in [5.74, 6) is 0.0402. The highest BCUT2D eigenvalue weighted by atomic mass is 32.2. The highest BCUT2D eigenvalue weighted by molar-refractivity contribution is 7.91. The SMILES string of the molecule is CC[C@@H](C)N(C(=O)COc1ccccc1NC(C)=O)[C@H]1CCS(=O)(=O)C1. The molecule has 1 aliphatic rings. The zero-order valence-electron chi connectivity index (χ0n) is 15.4. The number of benzene rings is 1. The van der Waals surface area contributed by atoms with Gasteiger partial charge in [0.15, 0.2) is 16.4 Å². The molecular weight excluding hydrogens is 356 g/mol. The first-order valence-electron chi connectivity index (χ1n) is 8.74. The molecule has 7 nitrogen and oxygen atoms in total. The van der Waals surface area contributed by atoms with Crippen LogP contribution in [0.3, 0.4) is 0 Å². The number of anilines is 1. The summed E-state index contributed by atoms with van der Waals surface area (Å²) in [6, 6.07) is 6.49. The maximum absolute atomic E-state index is 12.8. The molecular formula is C18H26N2O5S. The number of hydrogen-bond donors (Lipinski definition) is 1. The average molecular weight is 382 g/mol. The van der Waals surface area contributed by atoms with Crippen molar-refractivity contribution in [3.8, 4) is 5.75 Å². The lowest BCUT2D eigenvalue weighted by molar-refractivity contribution is -0.137. The van der Waals surface area contributed by atoms with Crippen LogP contribution in [0.1, 0.15) is 33.6 Å². The van der Waals surface area contributed by atoms with Crippen molar-refractivity contribution in [3.05, 3.63) is 24.3 Å². The number of carbonyl (C=O) groups is 2. The highest BCUT2D eigenvalue weighted by Crippen LogP contribution is 2.25. The van der Waals surface area contributed by atoms with Crippen LogP contribution in [-0.2, 0) is 19.4 Å². The largest absolute Gasteiger partial charge is 0.482 e. The van der Waals surface area contributed by atoms with Crippen LogP contribution in [-0.4, -0.2) is 55.3 Å². The molecule has 2 rings (SSSR count). The smallest absolute Gasteiger partial charge is 0.261 e. The highest BCUT2D eigenvalue weighted by Gasteiger charge is 2.36. The van der Waals surface area contributed by atoms with Crippen molar-refractivity contribution in [1.29, 1.82) is 0 Å². The van der Waals surface area contributed by atoms with E-state index in [4.69, 9.17) is 4.74 Å². The van der Waals surface area contributed by atoms with E-state index in [1.165, 1.54) is 6.92 Å². The average Bonchev–Trinajstić information content (AvgIpc) is 2.93. The Hall–Kier alpha value is -2.09. The van der Waals surface area contributed by atoms with Crippen molar-refractivity contribution in [2.45, 2.75) is 45.7 Å². The van der Waals surface area contributed by atoms with Gasteiger partial charge in [0.1, 0.15) is 5.75 Å². The zero-order chi connectivity index (χ0) is 19.3. The van der Waals surface area contributed by atoms with Gasteiger partial charge in [-0.05, 0) is 31.9 Å². The Labute approximate surface area is 154 Å². The summed E-state index contributed by atoms with van der Waals surface area (Å²) in [6.07, 6.45) is 1.19. The summed E-state index contributed by atoms with van der Waals surface area (Å²) in [4.78, 5) is 25.7. The summed E-state index contributed by atoms with van der Waals surface area (Å²) >= 11 is 0. The molecule has 2 atom stereocenters. The van der Waals surface area contributed by atoms with Gasteiger partial charge in [-0.15, -0.1) is 0 Å². The van der Waals surface area contributed by atoms with Gasteiger partial charge in [0.05, 0.1) is 17.2 Å². The third kappa shape index (κ3) is 5.20. The van der Waals surface area contributed by atoms with E-state index in [2.05, 4.69) is 5.32 Å². The van der Waals surface area contributed by atoms with Crippen molar-refractivity contribution < 1.29 is 22.7 Å². The molecule has 0 saturated carbocycles. The fraction of sp³-hybridized carbons (Fsp3) is 0.556. The molecule has 0 spiro atoms. The minimum absolute atomic E-state index is 0.00551. The van der Waals surface area contributed by atoms with Crippen LogP contribution in [0, 0.1) is 0 Å². The number of rotatable bonds is 7. The first kappa shape index (κ1) is 20.2. The van der Waals surface area contributed by atoms with E-state index in [9.17, 15) is 18.0 Å². The van der Waals surface area contributed by atoms with Crippen LogP contribution in [0.5, 0.6) is 5.75 Å². The standard InChI is InChI=1S/C18H26N2O5S/c1-4-13(2)20(15-9-10-26(23,24)12-15)18(22)11-25-17-8-6-5-7-16(17)19-14(3)21/h5-8,13,15H,4,9-12H2,1-3H3,(H,19,21)/t13-,15+/m1/s1. The number of amides is 2. The minimum Gasteiger partial charge on any atom is -0.482 e. The van der Waals surface area contributed by atoms with Crippen LogP contribution in [0.25, 0.3) is 0 Å². The lowest BCUT2D eigenvalue weighted by Crippen LogP contribution is -2.48. The third-order valence-electron chi connectivity index (χ3n) is 4.50. The summed E-state index contributed by atoms with van der Waals surface area (Å²) < 4.78 is 29.2. The van der Waals surface area contributed by atoms with Gasteiger partial charge in [-0.3, -0.25) is 9.59 Å². The number of carbonyl (C=O) groups excluding carboxylic acids is 2. The maximum atomic E-state index is 12.8. The summed E-state index contributed by atoms with van der Waals surface area (Å²) in [5.41, 5.74) is 0.492. The number of nitrogens with one attached hydrogen (secondary N) is 1. The normalized spacial score (nSPS) is 19.6. The molecule has 1 aromatic carbocycles. The predicted octanol–water partition coefficient (Wildman–Crippen LogP) is 1.84. The second-order valence-electron chi connectivity index (χ2n) is 6.58. The molecule has 1 aromatic rings. The van der Waals surface area contributed by atoms with Crippen molar-refractivity contribution in [2.24, 2.45) is 0 Å². The number of sulfone groups is 1. The van der Waals surface area contributed by atoms with E-state index in [0.717, 1.165) is 6.42 Å². The monoisotopic (exact) mass is 382 g/mol. The first-order valence-corrected chi connectivity index (χ1v) is 10.6. The fourth-order valence-corrected chi connectivity index (χ4v) is 4.81. The van der Waals surface area contributed by atoms with Crippen LogP contribution in [0.4, 0.5) is 5.69 Å². The molecule has 26 heavy (non-hydrogen) atoms. The van der Waals surface area contributed by atoms with Crippen molar-refractivity contribution in [2.75, 3.05) is 23.4 Å². The van der Waals surface area contributed by atoms with Gasteiger partial charge in [-0.25, -0.2) is 8.42 Å². The summed E-state index contributed by atoms with van der Waals surface area (Å²) in [5, 5.41) is 2.66. The van der Waals surface area contributed by atoms with E-state index in [1.54, 1.807) is 29.2 Å². The Morgan fingerprint density at radius 2 is 2.04 bits per heavy atom. The van der Waals surface area contributed by atoms with Gasteiger partial charge < -0.3 is 15.0 Å². The number of hydrogen-bond acceptors (Lipinski definition) is 5. The minimum atomic E-state index is -3.09. The second kappa shape index (κ2) is 8.53. The van der Waals surface area contributed by atoms with Gasteiger partial charge in [0.2, 0.25) is 5.91 Å². The Morgan fingerprint density at radius 3 is 2.62 bits per heavy atom. The molecule has 1 N–H and O–H groups in total. The van der Waals surface area contributed by atoms with Crippen LogP contribution in [0.15, 0.2) is 24.3 Å². The molecule has 0 bridgehead atoms. The second-order valence-corrected chi connectivity index (χ2v) is 8.81. The molecule has 1 saturated heterocycles. The maximum Gasteiger partial charge on any atom is 0.261 e. The Bertz CT molecular complexity index is 763. The fourth-order valence-electron chi connectivity index (χ4n) is 3.10. The van der Waals surface area contributed by atoms with E-state index in [0.29, 0.717) is 17.9 Å². The zero-order valence-corrected chi connectivity index (χ0v) is 16.2. The van der Waals surface area contributed by atoms with Crippen LogP contribution < -0.4 is 10.1 Å². The van der Waals surface area contributed by atoms with E-state index in [1.807, 2.05) is 13.8 Å². The quantitative estimate of drug-likeness (QED) is 0.777. The molecule has 144 valence electrons. The molecule has 1 aliphatic heterocycles. The van der Waals surface area contributed by atoms with Gasteiger partial charge in [0.25, 0.3) is 5.91 Å². The lowest BCUT2D eigenvalue weighted by atomic mass is 10.1. The molecule has 0 aromatic heterocycles. The van der Waals surface area contributed by atoms with E-state index >= 15 is 0 Å². The van der Waals surface area contributed by atoms with Gasteiger partial charge in [-0.2, -0.15) is 0 Å². The molecule has 0 radical (unpaired) electrons. The molecule has 1 fully saturated rings. The van der Waals surface area contributed by atoms with Crippen molar-refractivity contribution in [1.82, 2.24) is 4.90 Å². The van der Waals surface area contributed by atoms with E-state index < -0.39 is 9.84 Å². The Balaban J connectivity index is 2.10. The molecule has 8 heteroatoms. The first-order chi connectivity index (χ1) is 12.2. The van der Waals surface area contributed by atoms with Crippen LogP contribution >= 0.6 is 0 Å². The number of para-hydroxylation sites is 2. The molecule has 1 heterocycles. The molecule has 2 amide bonds. The molecule has 0 aliphatic carbocycles. The summed E-state index contributed by atoms with van der Waals surface area (Å²) in [7, 11) is -3.09. The van der Waals surface area contributed by atoms with Gasteiger partial charge in [0, 0.05) is 19.0 Å².